The molecule has 0 spiro atoms. The molecule has 1 rings (SSSR count). The van der Waals surface area contributed by atoms with Crippen LogP contribution in [0, 0.1) is 0 Å². The molecule has 0 saturated heterocycles. The molecule has 1 heterocycles. The first-order chi connectivity index (χ1) is 5.41. The van der Waals surface area contributed by atoms with Gasteiger partial charge in [0.25, 0.3) is 3.79 Å². The highest BCUT2D eigenvalue weighted by Crippen LogP contribution is 2.35. The van der Waals surface area contributed by atoms with E-state index in [1.807, 2.05) is 0 Å². The number of amides is 1. The first-order valence-corrected chi connectivity index (χ1v) is 3.75. The van der Waals surface area contributed by atoms with Crippen LogP contribution in [0.15, 0.2) is 4.52 Å². The van der Waals surface area contributed by atoms with Gasteiger partial charge >= 0.3 is 11.8 Å². The van der Waals surface area contributed by atoms with Gasteiger partial charge in [-0.3, -0.25) is 4.79 Å². The summed E-state index contributed by atoms with van der Waals surface area (Å²) in [5.74, 6) is -1.49. The summed E-state index contributed by atoms with van der Waals surface area (Å²) in [4.78, 5) is 13.9. The zero-order valence-electron chi connectivity index (χ0n) is 5.42. The van der Waals surface area contributed by atoms with Gasteiger partial charge in [-0.15, -0.1) is 0 Å². The van der Waals surface area contributed by atoms with Gasteiger partial charge in [-0.25, -0.2) is 0 Å². The summed E-state index contributed by atoms with van der Waals surface area (Å²) >= 11 is 16.1. The Morgan fingerprint density at radius 3 is 2.33 bits per heavy atom. The van der Waals surface area contributed by atoms with Crippen molar-refractivity contribution in [1.82, 2.24) is 10.1 Å². The van der Waals surface area contributed by atoms with Crippen LogP contribution >= 0.6 is 34.8 Å². The van der Waals surface area contributed by atoms with Crippen molar-refractivity contribution in [2.45, 2.75) is 3.79 Å². The molecule has 0 aliphatic heterocycles. The van der Waals surface area contributed by atoms with E-state index in [0.717, 1.165) is 0 Å². The first kappa shape index (κ1) is 9.57. The Kier molecular flexibility index (Phi) is 2.46. The quantitative estimate of drug-likeness (QED) is 0.730. The smallest absolute Gasteiger partial charge is 0.315 e. The second-order valence-corrected chi connectivity index (χ2v) is 4.07. The van der Waals surface area contributed by atoms with Gasteiger partial charge in [0.15, 0.2) is 0 Å². The molecule has 1 aromatic rings. The molecule has 1 amide bonds. The fourth-order valence-electron chi connectivity index (χ4n) is 0.439. The Labute approximate surface area is 81.8 Å². The molecule has 0 aliphatic rings. The maximum absolute atomic E-state index is 10.4. The maximum atomic E-state index is 10.4. The molecular formula is C4H2Cl3N3O2. The topological polar surface area (TPSA) is 82.0 Å². The number of halogens is 3. The molecule has 2 N–H and O–H groups in total. The predicted octanol–water partition coefficient (Wildman–Crippen LogP) is 0.995. The van der Waals surface area contributed by atoms with Crippen molar-refractivity contribution < 1.29 is 9.32 Å². The van der Waals surface area contributed by atoms with Crippen molar-refractivity contribution in [1.29, 1.82) is 0 Å². The van der Waals surface area contributed by atoms with E-state index in [0.29, 0.717) is 0 Å². The number of nitrogens with two attached hydrogens (primary N) is 1. The molecule has 0 bridgehead atoms. The third-order valence-electron chi connectivity index (χ3n) is 0.890. The lowest BCUT2D eigenvalue weighted by molar-refractivity contribution is 0.0958. The Bertz CT molecular complexity index is 305. The Balaban J connectivity index is 3.00. The minimum atomic E-state index is -1.81. The fourth-order valence-corrected chi connectivity index (χ4v) is 0.669. The highest BCUT2D eigenvalue weighted by molar-refractivity contribution is 6.66. The van der Waals surface area contributed by atoms with E-state index < -0.39 is 15.6 Å². The molecule has 0 radical (unpaired) electrons. The van der Waals surface area contributed by atoms with Crippen LogP contribution in [0.1, 0.15) is 16.5 Å². The van der Waals surface area contributed by atoms with Gasteiger partial charge in [-0.05, 0) is 0 Å². The van der Waals surface area contributed by atoms with Crippen LogP contribution in [-0.2, 0) is 3.79 Å². The van der Waals surface area contributed by atoms with Crippen molar-refractivity contribution in [3.63, 3.8) is 0 Å². The van der Waals surface area contributed by atoms with Gasteiger partial charge in [0.1, 0.15) is 0 Å². The highest BCUT2D eigenvalue weighted by Gasteiger charge is 2.30. The van der Waals surface area contributed by atoms with Crippen molar-refractivity contribution in [3.05, 3.63) is 11.7 Å². The lowest BCUT2D eigenvalue weighted by Gasteiger charge is -2.01. The van der Waals surface area contributed by atoms with Gasteiger partial charge in [0, 0.05) is 0 Å². The summed E-state index contributed by atoms with van der Waals surface area (Å²) in [6, 6.07) is 0. The summed E-state index contributed by atoms with van der Waals surface area (Å²) < 4.78 is 2.56. The van der Waals surface area contributed by atoms with E-state index in [1.54, 1.807) is 0 Å². The van der Waals surface area contributed by atoms with E-state index in [-0.39, 0.29) is 5.82 Å². The Hall–Kier alpha value is -0.520. The van der Waals surface area contributed by atoms with Gasteiger partial charge < -0.3 is 10.3 Å². The molecule has 0 aromatic carbocycles. The van der Waals surface area contributed by atoms with Crippen molar-refractivity contribution in [3.8, 4) is 0 Å². The van der Waals surface area contributed by atoms with Crippen LogP contribution in [0.3, 0.4) is 0 Å². The molecule has 8 heteroatoms. The Morgan fingerprint density at radius 2 is 2.08 bits per heavy atom. The van der Waals surface area contributed by atoms with Crippen LogP contribution < -0.4 is 5.73 Å². The van der Waals surface area contributed by atoms with Gasteiger partial charge in [0.05, 0.1) is 0 Å². The SMILES string of the molecule is NC(=O)c1nc(C(Cl)(Cl)Cl)no1. The number of carbonyl (C=O) groups excluding carboxylic acids is 1. The lowest BCUT2D eigenvalue weighted by atomic mass is 10.6. The fraction of sp³-hybridized carbons (Fsp3) is 0.250. The van der Waals surface area contributed by atoms with Crippen LogP contribution in [0.2, 0.25) is 0 Å². The Morgan fingerprint density at radius 1 is 1.50 bits per heavy atom. The molecule has 12 heavy (non-hydrogen) atoms. The van der Waals surface area contributed by atoms with E-state index in [4.69, 9.17) is 40.5 Å². The highest BCUT2D eigenvalue weighted by atomic mass is 35.6. The summed E-state index contributed by atoms with van der Waals surface area (Å²) in [5.41, 5.74) is 4.81. The summed E-state index contributed by atoms with van der Waals surface area (Å²) in [5, 5.41) is 3.23. The third kappa shape index (κ3) is 2.00. The number of carbonyl (C=O) groups is 1. The van der Waals surface area contributed by atoms with Crippen LogP contribution in [-0.4, -0.2) is 16.0 Å². The number of primary amides is 1. The number of hydrogen-bond acceptors (Lipinski definition) is 4. The monoisotopic (exact) mass is 229 g/mol. The van der Waals surface area contributed by atoms with Crippen LogP contribution in [0.4, 0.5) is 0 Å². The summed E-state index contributed by atoms with van der Waals surface area (Å²) in [6.45, 7) is 0. The number of hydrogen-bond donors (Lipinski definition) is 1. The second-order valence-electron chi connectivity index (χ2n) is 1.79. The minimum absolute atomic E-state index is 0.221. The van der Waals surface area contributed by atoms with E-state index >= 15 is 0 Å². The molecular weight excluding hydrogens is 228 g/mol. The van der Waals surface area contributed by atoms with Gasteiger partial charge in [-0.2, -0.15) is 4.98 Å². The molecule has 0 aliphatic carbocycles. The standard InChI is InChI=1S/C4H2Cl3N3O2/c5-4(6,7)3-9-2(1(8)11)12-10-3/h(H2,8,11). The average molecular weight is 230 g/mol. The second kappa shape index (κ2) is 3.08. The van der Waals surface area contributed by atoms with E-state index in [2.05, 4.69) is 14.7 Å². The predicted molar refractivity (Wildman–Crippen MR) is 42.1 cm³/mol. The van der Waals surface area contributed by atoms with E-state index in [9.17, 15) is 4.79 Å². The molecule has 0 saturated carbocycles. The maximum Gasteiger partial charge on any atom is 0.315 e. The number of alkyl halides is 3. The van der Waals surface area contributed by atoms with Gasteiger partial charge in [0.2, 0.25) is 5.82 Å². The minimum Gasteiger partial charge on any atom is -0.361 e. The number of rotatable bonds is 1. The van der Waals surface area contributed by atoms with Crippen molar-refractivity contribution >= 4 is 40.7 Å². The molecule has 1 aromatic heterocycles. The van der Waals surface area contributed by atoms with Crippen LogP contribution in [0.25, 0.3) is 0 Å². The van der Waals surface area contributed by atoms with Crippen molar-refractivity contribution in [2.75, 3.05) is 0 Å². The molecule has 0 fully saturated rings. The average Bonchev–Trinajstić information content (AvgIpc) is 2.30. The number of nitrogens with zero attached hydrogens (tertiary/aromatic N) is 2. The molecule has 66 valence electrons. The largest absolute Gasteiger partial charge is 0.361 e. The molecule has 0 unspecified atom stereocenters. The summed E-state index contributed by atoms with van der Waals surface area (Å²) in [7, 11) is 0. The number of aromatic nitrogens is 2. The molecule has 0 atom stereocenters. The van der Waals surface area contributed by atoms with Gasteiger partial charge in [-0.1, -0.05) is 40.0 Å². The molecule has 5 nitrogen and oxygen atoms in total. The zero-order chi connectivity index (χ0) is 9.35. The zero-order valence-corrected chi connectivity index (χ0v) is 7.69. The van der Waals surface area contributed by atoms with Crippen molar-refractivity contribution in [2.24, 2.45) is 5.73 Å². The third-order valence-corrected chi connectivity index (χ3v) is 1.40. The summed E-state index contributed by atoms with van der Waals surface area (Å²) in [6.07, 6.45) is 0. The lowest BCUT2D eigenvalue weighted by Crippen LogP contribution is -2.12. The van der Waals surface area contributed by atoms with Crippen LogP contribution in [0.5, 0.6) is 0 Å². The first-order valence-electron chi connectivity index (χ1n) is 2.62. The normalized spacial score (nSPS) is 11.6. The van der Waals surface area contributed by atoms with E-state index in [1.165, 1.54) is 0 Å².